The van der Waals surface area contributed by atoms with Gasteiger partial charge in [-0.1, -0.05) is 13.0 Å². The van der Waals surface area contributed by atoms with Crippen molar-refractivity contribution in [3.63, 3.8) is 0 Å². The Morgan fingerprint density at radius 1 is 1.52 bits per heavy atom. The van der Waals surface area contributed by atoms with E-state index < -0.39 is 10.2 Å². The molecular formula is C14H25N3O2S2. The van der Waals surface area contributed by atoms with E-state index in [-0.39, 0.29) is 6.04 Å². The quantitative estimate of drug-likeness (QED) is 0.803. The molecule has 1 aromatic rings. The van der Waals surface area contributed by atoms with Gasteiger partial charge in [0.15, 0.2) is 0 Å². The van der Waals surface area contributed by atoms with Gasteiger partial charge in [0.25, 0.3) is 10.2 Å². The highest BCUT2D eigenvalue weighted by molar-refractivity contribution is 7.87. The van der Waals surface area contributed by atoms with Gasteiger partial charge in [-0.2, -0.15) is 17.4 Å². The Balaban J connectivity index is 2.03. The van der Waals surface area contributed by atoms with Crippen molar-refractivity contribution in [1.82, 2.24) is 14.3 Å². The molecule has 120 valence electrons. The predicted molar refractivity (Wildman–Crippen MR) is 87.6 cm³/mol. The summed E-state index contributed by atoms with van der Waals surface area (Å²) in [5, 5.41) is 5.13. The van der Waals surface area contributed by atoms with Crippen LogP contribution in [0.1, 0.15) is 37.1 Å². The lowest BCUT2D eigenvalue weighted by atomic mass is 10.00. The molecule has 0 saturated carbocycles. The second-order valence-electron chi connectivity index (χ2n) is 5.52. The topological polar surface area (TPSA) is 61.4 Å². The Labute approximate surface area is 131 Å². The summed E-state index contributed by atoms with van der Waals surface area (Å²) in [5.41, 5.74) is 0. The first-order valence-electron chi connectivity index (χ1n) is 7.52. The van der Waals surface area contributed by atoms with Gasteiger partial charge < -0.3 is 5.32 Å². The van der Waals surface area contributed by atoms with Crippen LogP contribution in [-0.2, 0) is 10.2 Å². The van der Waals surface area contributed by atoms with Gasteiger partial charge in [-0.15, -0.1) is 11.3 Å². The van der Waals surface area contributed by atoms with Crippen LogP contribution < -0.4 is 10.0 Å². The van der Waals surface area contributed by atoms with Crippen LogP contribution in [0.3, 0.4) is 0 Å². The average molecular weight is 332 g/mol. The second kappa shape index (κ2) is 7.69. The molecule has 2 rings (SSSR count). The zero-order valence-electron chi connectivity index (χ0n) is 12.7. The number of hydrogen-bond acceptors (Lipinski definition) is 4. The van der Waals surface area contributed by atoms with Crippen LogP contribution >= 0.6 is 11.3 Å². The number of piperidine rings is 1. The zero-order chi connectivity index (χ0) is 15.3. The maximum Gasteiger partial charge on any atom is 0.280 e. The SMILES string of the molecule is CCC(NS(=O)(=O)N1CCCC(CNC)C1)c1cccs1. The van der Waals surface area contributed by atoms with Gasteiger partial charge >= 0.3 is 0 Å². The molecule has 21 heavy (non-hydrogen) atoms. The van der Waals surface area contributed by atoms with E-state index in [1.807, 2.05) is 31.5 Å². The molecule has 2 atom stereocenters. The van der Waals surface area contributed by atoms with Crippen molar-refractivity contribution in [3.8, 4) is 0 Å². The molecule has 0 radical (unpaired) electrons. The van der Waals surface area contributed by atoms with E-state index in [0.717, 1.165) is 30.7 Å². The van der Waals surface area contributed by atoms with E-state index in [1.54, 1.807) is 15.6 Å². The van der Waals surface area contributed by atoms with Gasteiger partial charge in [0.2, 0.25) is 0 Å². The van der Waals surface area contributed by atoms with Crippen molar-refractivity contribution in [2.45, 2.75) is 32.2 Å². The Bertz CT molecular complexity index is 514. The highest BCUT2D eigenvalue weighted by atomic mass is 32.2. The summed E-state index contributed by atoms with van der Waals surface area (Å²) >= 11 is 1.60. The summed E-state index contributed by atoms with van der Waals surface area (Å²) in [6.07, 6.45) is 2.78. The summed E-state index contributed by atoms with van der Waals surface area (Å²) in [4.78, 5) is 1.07. The first-order valence-corrected chi connectivity index (χ1v) is 9.84. The molecule has 0 bridgehead atoms. The summed E-state index contributed by atoms with van der Waals surface area (Å²) in [6, 6.07) is 3.82. The minimum atomic E-state index is -3.41. The third kappa shape index (κ3) is 4.50. The summed E-state index contributed by atoms with van der Waals surface area (Å²) in [5.74, 6) is 0.405. The van der Waals surface area contributed by atoms with Crippen molar-refractivity contribution in [2.75, 3.05) is 26.7 Å². The molecule has 0 spiro atoms. The lowest BCUT2D eigenvalue weighted by Crippen LogP contribution is -2.48. The normalized spacial score (nSPS) is 22.3. The second-order valence-corrected chi connectivity index (χ2v) is 8.20. The van der Waals surface area contributed by atoms with Crippen molar-refractivity contribution in [2.24, 2.45) is 5.92 Å². The van der Waals surface area contributed by atoms with Crippen LogP contribution in [0.2, 0.25) is 0 Å². The van der Waals surface area contributed by atoms with Crippen LogP contribution in [0.5, 0.6) is 0 Å². The molecule has 0 aliphatic carbocycles. The first kappa shape index (κ1) is 16.9. The molecule has 1 saturated heterocycles. The molecule has 5 nitrogen and oxygen atoms in total. The van der Waals surface area contributed by atoms with Crippen LogP contribution in [0.4, 0.5) is 0 Å². The van der Waals surface area contributed by atoms with Crippen LogP contribution in [-0.4, -0.2) is 39.4 Å². The van der Waals surface area contributed by atoms with Crippen molar-refractivity contribution >= 4 is 21.5 Å². The maximum atomic E-state index is 12.6. The summed E-state index contributed by atoms with van der Waals surface area (Å²) in [7, 11) is -1.50. The fourth-order valence-corrected chi connectivity index (χ4v) is 5.30. The largest absolute Gasteiger partial charge is 0.319 e. The van der Waals surface area contributed by atoms with E-state index in [4.69, 9.17) is 0 Å². The number of nitrogens with zero attached hydrogens (tertiary/aromatic N) is 1. The molecule has 7 heteroatoms. The molecule has 0 aromatic carbocycles. The van der Waals surface area contributed by atoms with Gasteiger partial charge in [0.1, 0.15) is 0 Å². The van der Waals surface area contributed by atoms with Crippen LogP contribution in [0, 0.1) is 5.92 Å². The molecular weight excluding hydrogens is 306 g/mol. The average Bonchev–Trinajstić information content (AvgIpc) is 2.99. The van der Waals surface area contributed by atoms with Gasteiger partial charge in [0, 0.05) is 18.0 Å². The summed E-state index contributed by atoms with van der Waals surface area (Å²) < 4.78 is 29.7. The van der Waals surface area contributed by atoms with Crippen molar-refractivity contribution < 1.29 is 8.42 Å². The minimum Gasteiger partial charge on any atom is -0.319 e. The van der Waals surface area contributed by atoms with Crippen molar-refractivity contribution in [1.29, 1.82) is 0 Å². The van der Waals surface area contributed by atoms with E-state index in [0.29, 0.717) is 19.0 Å². The Morgan fingerprint density at radius 2 is 2.33 bits per heavy atom. The highest BCUT2D eigenvalue weighted by Crippen LogP contribution is 2.24. The zero-order valence-corrected chi connectivity index (χ0v) is 14.3. The number of hydrogen-bond donors (Lipinski definition) is 2. The smallest absolute Gasteiger partial charge is 0.280 e. The Morgan fingerprint density at radius 3 is 2.95 bits per heavy atom. The Kier molecular flexibility index (Phi) is 6.19. The van der Waals surface area contributed by atoms with E-state index in [2.05, 4.69) is 10.0 Å². The molecule has 2 heterocycles. The highest BCUT2D eigenvalue weighted by Gasteiger charge is 2.30. The van der Waals surface area contributed by atoms with Gasteiger partial charge in [0.05, 0.1) is 6.04 Å². The fourth-order valence-electron chi connectivity index (χ4n) is 2.79. The van der Waals surface area contributed by atoms with E-state index >= 15 is 0 Å². The maximum absolute atomic E-state index is 12.6. The third-order valence-corrected chi connectivity index (χ3v) is 6.48. The predicted octanol–water partition coefficient (Wildman–Crippen LogP) is 1.97. The lowest BCUT2D eigenvalue weighted by molar-refractivity contribution is 0.259. The van der Waals surface area contributed by atoms with Gasteiger partial charge in [-0.3, -0.25) is 0 Å². The Hall–Kier alpha value is -0.470. The minimum absolute atomic E-state index is 0.125. The molecule has 0 amide bonds. The van der Waals surface area contributed by atoms with Gasteiger partial charge in [-0.25, -0.2) is 0 Å². The standard InChI is InChI=1S/C14H25N3O2S2/c1-3-13(14-7-5-9-20-14)16-21(18,19)17-8-4-6-12(11-17)10-15-2/h5,7,9,12-13,15-16H,3-4,6,8,10-11H2,1-2H3. The fraction of sp³-hybridized carbons (Fsp3) is 0.714. The monoisotopic (exact) mass is 331 g/mol. The summed E-state index contributed by atoms with van der Waals surface area (Å²) in [6.45, 7) is 4.11. The molecule has 2 unspecified atom stereocenters. The number of thiophene rings is 1. The van der Waals surface area contributed by atoms with Crippen LogP contribution in [0.15, 0.2) is 17.5 Å². The molecule has 1 aliphatic rings. The van der Waals surface area contributed by atoms with E-state index in [1.165, 1.54) is 0 Å². The molecule has 1 aromatic heterocycles. The molecule has 2 N–H and O–H groups in total. The molecule has 1 aliphatic heterocycles. The number of rotatable bonds is 7. The lowest BCUT2D eigenvalue weighted by Gasteiger charge is -2.32. The first-order chi connectivity index (χ1) is 10.1. The van der Waals surface area contributed by atoms with Crippen molar-refractivity contribution in [3.05, 3.63) is 22.4 Å². The van der Waals surface area contributed by atoms with Gasteiger partial charge in [-0.05, 0) is 50.2 Å². The molecule has 1 fully saturated rings. The van der Waals surface area contributed by atoms with E-state index in [9.17, 15) is 8.42 Å². The third-order valence-electron chi connectivity index (χ3n) is 3.90. The van der Waals surface area contributed by atoms with Crippen LogP contribution in [0.25, 0.3) is 0 Å². The number of nitrogens with one attached hydrogen (secondary N) is 2.